The second-order valence-electron chi connectivity index (χ2n) is 8.45. The first kappa shape index (κ1) is 29.9. The number of methoxy groups -OCH3 is 3. The van der Waals surface area contributed by atoms with Gasteiger partial charge in [-0.1, -0.05) is 18.2 Å². The van der Waals surface area contributed by atoms with Crippen molar-refractivity contribution in [1.29, 1.82) is 5.26 Å². The molecular weight excluding hydrogens is 578 g/mol. The summed E-state index contributed by atoms with van der Waals surface area (Å²) in [6.07, 6.45) is -3.26. The Hall–Kier alpha value is -5.09. The van der Waals surface area contributed by atoms with Crippen molar-refractivity contribution in [2.24, 2.45) is 0 Å². The number of para-hydroxylation sites is 1. The molecule has 0 unspecified atom stereocenters. The molecule has 1 amide bonds. The van der Waals surface area contributed by atoms with E-state index >= 15 is 0 Å². The number of hydrogen-bond acceptors (Lipinski definition) is 7. The fraction of sp³-hybridized carbons (Fsp3) is 0.138. The molecule has 0 bridgehead atoms. The van der Waals surface area contributed by atoms with Gasteiger partial charge in [-0.15, -0.1) is 11.3 Å². The fourth-order valence-electron chi connectivity index (χ4n) is 4.04. The van der Waals surface area contributed by atoms with Gasteiger partial charge in [0.1, 0.15) is 16.5 Å². The smallest absolute Gasteiger partial charge is 0.416 e. The van der Waals surface area contributed by atoms with Crippen LogP contribution in [-0.2, 0) is 11.0 Å². The maximum absolute atomic E-state index is 14.9. The van der Waals surface area contributed by atoms with Gasteiger partial charge in [0.2, 0.25) is 5.75 Å². The van der Waals surface area contributed by atoms with Crippen LogP contribution in [0.3, 0.4) is 0 Å². The number of nitriles is 1. The number of carbonyl (C=O) groups is 1. The maximum Gasteiger partial charge on any atom is 0.416 e. The Balaban J connectivity index is 1.99. The van der Waals surface area contributed by atoms with Crippen molar-refractivity contribution in [1.82, 2.24) is 4.57 Å². The van der Waals surface area contributed by atoms with Gasteiger partial charge in [0.15, 0.2) is 17.1 Å². The van der Waals surface area contributed by atoms with Crippen molar-refractivity contribution < 1.29 is 36.6 Å². The number of benzene rings is 3. The second-order valence-corrected chi connectivity index (χ2v) is 9.48. The number of carbonyl (C=O) groups excluding carboxylic acids is 1. The molecule has 0 aliphatic rings. The number of aromatic nitrogens is 1. The second kappa shape index (κ2) is 12.2. The Bertz CT molecular complexity index is 1890. The van der Waals surface area contributed by atoms with Gasteiger partial charge in [-0.05, 0) is 48.5 Å². The third-order valence-electron chi connectivity index (χ3n) is 5.94. The van der Waals surface area contributed by atoms with E-state index in [0.717, 1.165) is 22.8 Å². The largest absolute Gasteiger partial charge is 0.493 e. The lowest BCUT2D eigenvalue weighted by molar-refractivity contribution is -0.137. The van der Waals surface area contributed by atoms with Crippen LogP contribution in [0.4, 0.5) is 23.2 Å². The summed E-state index contributed by atoms with van der Waals surface area (Å²) in [6, 6.07) is 13.9. The van der Waals surface area contributed by atoms with Gasteiger partial charge in [0.25, 0.3) is 11.5 Å². The Kier molecular flexibility index (Phi) is 8.68. The zero-order valence-corrected chi connectivity index (χ0v) is 23.0. The third-order valence-corrected chi connectivity index (χ3v) is 7.03. The fourth-order valence-corrected chi connectivity index (χ4v) is 5.13. The average Bonchev–Trinajstić information content (AvgIpc) is 3.27. The van der Waals surface area contributed by atoms with Crippen LogP contribution in [-0.4, -0.2) is 31.8 Å². The van der Waals surface area contributed by atoms with E-state index in [1.807, 2.05) is 0 Å². The van der Waals surface area contributed by atoms with Crippen LogP contribution >= 0.6 is 11.3 Å². The number of rotatable bonds is 7. The van der Waals surface area contributed by atoms with Crippen molar-refractivity contribution in [3.63, 3.8) is 0 Å². The van der Waals surface area contributed by atoms with Crippen molar-refractivity contribution in [3.8, 4) is 29.0 Å². The summed E-state index contributed by atoms with van der Waals surface area (Å²) >= 11 is 0.706. The number of thiazole rings is 1. The summed E-state index contributed by atoms with van der Waals surface area (Å²) in [5, 5.41) is 12.2. The number of nitrogens with one attached hydrogen (secondary N) is 1. The van der Waals surface area contributed by atoms with E-state index in [1.54, 1.807) is 18.2 Å². The standard InChI is InChI=1S/C29H21F4N3O5S/c1-39-22-12-11-16(24(40-2)25(22)41-3)13-23-27(38)36(21-10-5-4-9-20(21)30)28(42-23)19(15-34)26(37)35-18-8-6-7-17(14-18)29(31,32)33/h4-14H,1-3H3,(H,35,37)/b23-13-,28-19-. The number of alkyl halides is 3. The summed E-state index contributed by atoms with van der Waals surface area (Å²) in [5.41, 5.74) is -2.52. The Morgan fingerprint density at radius 2 is 1.71 bits per heavy atom. The summed E-state index contributed by atoms with van der Waals surface area (Å²) < 4.78 is 71.2. The average molecular weight is 600 g/mol. The van der Waals surface area contributed by atoms with Crippen molar-refractivity contribution >= 4 is 34.6 Å². The minimum absolute atomic E-state index is 0.0154. The first-order valence-corrected chi connectivity index (χ1v) is 12.8. The van der Waals surface area contributed by atoms with Gasteiger partial charge in [0.05, 0.1) is 37.1 Å². The van der Waals surface area contributed by atoms with E-state index in [9.17, 15) is 32.4 Å². The van der Waals surface area contributed by atoms with Crippen LogP contribution in [0.5, 0.6) is 17.2 Å². The quantitative estimate of drug-likeness (QED) is 0.319. The topological polar surface area (TPSA) is 103 Å². The van der Waals surface area contributed by atoms with E-state index in [1.165, 1.54) is 51.7 Å². The molecule has 0 aliphatic heterocycles. The maximum atomic E-state index is 14.9. The molecule has 42 heavy (non-hydrogen) atoms. The van der Waals surface area contributed by atoms with Crippen molar-refractivity contribution in [2.45, 2.75) is 6.18 Å². The van der Waals surface area contributed by atoms with Crippen LogP contribution in [0.25, 0.3) is 17.3 Å². The number of halogens is 4. The van der Waals surface area contributed by atoms with Gasteiger partial charge in [0, 0.05) is 11.3 Å². The molecule has 3 aromatic carbocycles. The van der Waals surface area contributed by atoms with Gasteiger partial charge in [-0.2, -0.15) is 18.4 Å². The molecule has 1 aromatic heterocycles. The first-order chi connectivity index (χ1) is 20.0. The molecule has 0 saturated carbocycles. The number of anilines is 1. The van der Waals surface area contributed by atoms with Gasteiger partial charge in [-0.25, -0.2) is 4.39 Å². The SMILES string of the molecule is COc1ccc(/C=c2\s/c(=C(/C#N)C(=O)Nc3cccc(C(F)(F)F)c3)n(-c3ccccc3F)c2=O)c(OC)c1OC. The molecule has 4 aromatic rings. The van der Waals surface area contributed by atoms with Crippen molar-refractivity contribution in [2.75, 3.05) is 26.6 Å². The molecule has 8 nitrogen and oxygen atoms in total. The summed E-state index contributed by atoms with van der Waals surface area (Å²) in [5.74, 6) is -1.10. The zero-order valence-electron chi connectivity index (χ0n) is 22.2. The number of hydrogen-bond donors (Lipinski definition) is 1. The Morgan fingerprint density at radius 3 is 2.33 bits per heavy atom. The molecule has 13 heteroatoms. The lowest BCUT2D eigenvalue weighted by Crippen LogP contribution is -2.33. The first-order valence-electron chi connectivity index (χ1n) is 11.9. The van der Waals surface area contributed by atoms with Gasteiger partial charge >= 0.3 is 6.18 Å². The monoisotopic (exact) mass is 599 g/mol. The molecule has 0 aliphatic carbocycles. The number of nitrogens with zero attached hydrogens (tertiary/aromatic N) is 2. The molecule has 0 fully saturated rings. The summed E-state index contributed by atoms with van der Waals surface area (Å²) in [4.78, 5) is 26.9. The van der Waals surface area contributed by atoms with Crippen molar-refractivity contribution in [3.05, 3.63) is 97.2 Å². The van der Waals surface area contributed by atoms with Crippen LogP contribution in [0.2, 0.25) is 0 Å². The molecule has 216 valence electrons. The summed E-state index contributed by atoms with van der Waals surface area (Å²) in [7, 11) is 4.21. The van der Waals surface area contributed by atoms with E-state index < -0.39 is 34.6 Å². The van der Waals surface area contributed by atoms with Crippen LogP contribution < -0.4 is 34.3 Å². The van der Waals surface area contributed by atoms with Gasteiger partial charge < -0.3 is 19.5 Å². The van der Waals surface area contributed by atoms with E-state index in [0.29, 0.717) is 28.7 Å². The highest BCUT2D eigenvalue weighted by atomic mass is 32.1. The molecule has 1 N–H and O–H groups in total. The minimum atomic E-state index is -4.67. The lowest BCUT2D eigenvalue weighted by Gasteiger charge is -2.13. The summed E-state index contributed by atoms with van der Waals surface area (Å²) in [6.45, 7) is 0. The Labute approximate surface area is 239 Å². The third kappa shape index (κ3) is 5.84. The highest BCUT2D eigenvalue weighted by molar-refractivity contribution is 7.07. The predicted octanol–water partition coefficient (Wildman–Crippen LogP) is 4.22. The molecule has 0 atom stereocenters. The highest BCUT2D eigenvalue weighted by Crippen LogP contribution is 2.40. The zero-order chi connectivity index (χ0) is 30.6. The molecule has 0 radical (unpaired) electrons. The normalized spacial score (nSPS) is 12.4. The molecular formula is C29H21F4N3O5S. The number of amides is 1. The molecule has 4 rings (SSSR count). The van der Waals surface area contributed by atoms with E-state index in [2.05, 4.69) is 5.32 Å². The van der Waals surface area contributed by atoms with Crippen LogP contribution in [0, 0.1) is 17.1 Å². The minimum Gasteiger partial charge on any atom is -0.493 e. The van der Waals surface area contributed by atoms with E-state index in [-0.39, 0.29) is 32.1 Å². The predicted molar refractivity (Wildman–Crippen MR) is 148 cm³/mol. The lowest BCUT2D eigenvalue weighted by atomic mass is 10.1. The van der Waals surface area contributed by atoms with E-state index in [4.69, 9.17) is 14.2 Å². The molecule has 0 spiro atoms. The van der Waals surface area contributed by atoms with Crippen LogP contribution in [0.1, 0.15) is 11.1 Å². The van der Waals surface area contributed by atoms with Crippen LogP contribution in [0.15, 0.2) is 65.5 Å². The molecule has 1 heterocycles. The number of ether oxygens (including phenoxy) is 3. The molecule has 0 saturated heterocycles. The highest BCUT2D eigenvalue weighted by Gasteiger charge is 2.30. The van der Waals surface area contributed by atoms with Gasteiger partial charge in [-0.3, -0.25) is 14.2 Å². The Morgan fingerprint density at radius 1 is 1.00 bits per heavy atom.